The highest BCUT2D eigenvalue weighted by Crippen LogP contribution is 2.63. The Kier molecular flexibility index (Phi) is 1.96. The smallest absolute Gasteiger partial charge is 0.293 e. The van der Waals surface area contributed by atoms with E-state index in [0.717, 1.165) is 18.4 Å². The fraction of sp³-hybridized carbons (Fsp3) is 0.727. The Morgan fingerprint density at radius 1 is 1.71 bits per heavy atom. The second kappa shape index (κ2) is 2.83. The van der Waals surface area contributed by atoms with E-state index in [1.165, 1.54) is 0 Å². The normalized spacial score (nSPS) is 38.2. The first-order valence-corrected chi connectivity index (χ1v) is 5.00. The lowest BCUT2D eigenvalue weighted by molar-refractivity contribution is -0.204. The molecule has 0 aromatic heterocycles. The second-order valence-corrected chi connectivity index (χ2v) is 4.79. The van der Waals surface area contributed by atoms with E-state index >= 15 is 0 Å². The monoisotopic (exact) mass is 196 g/mol. The second-order valence-electron chi connectivity index (χ2n) is 4.79. The number of hydrogen-bond donors (Lipinski definition) is 1. The Morgan fingerprint density at radius 2 is 2.43 bits per heavy atom. The van der Waals surface area contributed by atoms with Crippen molar-refractivity contribution in [1.29, 1.82) is 0 Å². The van der Waals surface area contributed by atoms with Gasteiger partial charge in [-0.3, -0.25) is 4.79 Å². The number of fused-ring (bicyclic) bond motifs is 1. The van der Waals surface area contributed by atoms with E-state index in [-0.39, 0.29) is 12.0 Å². The van der Waals surface area contributed by atoms with Gasteiger partial charge in [0.1, 0.15) is 5.60 Å². The Bertz CT molecular complexity index is 293. The molecule has 0 heterocycles. The molecule has 2 unspecified atom stereocenters. The van der Waals surface area contributed by atoms with E-state index in [0.29, 0.717) is 12.4 Å². The van der Waals surface area contributed by atoms with Gasteiger partial charge in [0, 0.05) is 5.41 Å². The van der Waals surface area contributed by atoms with Crippen LogP contribution in [0.25, 0.3) is 0 Å². The van der Waals surface area contributed by atoms with Gasteiger partial charge in [0.05, 0.1) is 6.61 Å². The van der Waals surface area contributed by atoms with E-state index in [9.17, 15) is 9.90 Å². The average molecular weight is 196 g/mol. The third kappa shape index (κ3) is 0.883. The molecule has 0 amide bonds. The summed E-state index contributed by atoms with van der Waals surface area (Å²) >= 11 is 0. The molecule has 3 nitrogen and oxygen atoms in total. The number of rotatable bonds is 3. The van der Waals surface area contributed by atoms with Crippen molar-refractivity contribution < 1.29 is 14.6 Å². The number of hydrogen-bond acceptors (Lipinski definition) is 3. The summed E-state index contributed by atoms with van der Waals surface area (Å²) in [6.45, 7) is 4.71. The number of carbonyl (C=O) groups is 1. The Labute approximate surface area is 83.8 Å². The van der Waals surface area contributed by atoms with Gasteiger partial charge >= 0.3 is 0 Å². The Balaban J connectivity index is 2.37. The average Bonchev–Trinajstić information content (AvgIpc) is 2.18. The van der Waals surface area contributed by atoms with Gasteiger partial charge in [-0.05, 0) is 24.3 Å². The molecule has 0 saturated heterocycles. The molecule has 2 bridgehead atoms. The predicted molar refractivity (Wildman–Crippen MR) is 51.6 cm³/mol. The van der Waals surface area contributed by atoms with Gasteiger partial charge in [-0.1, -0.05) is 19.9 Å². The zero-order chi connectivity index (χ0) is 10.4. The summed E-state index contributed by atoms with van der Waals surface area (Å²) in [5, 5.41) is 9.25. The molecule has 3 aliphatic rings. The first-order valence-electron chi connectivity index (χ1n) is 5.00. The van der Waals surface area contributed by atoms with Gasteiger partial charge in [-0.25, -0.2) is 0 Å². The maximum absolute atomic E-state index is 10.5. The zero-order valence-electron chi connectivity index (χ0n) is 8.62. The van der Waals surface area contributed by atoms with Crippen molar-refractivity contribution in [1.82, 2.24) is 0 Å². The van der Waals surface area contributed by atoms with E-state index in [2.05, 4.69) is 13.8 Å². The molecule has 1 saturated carbocycles. The van der Waals surface area contributed by atoms with Crippen molar-refractivity contribution in [2.24, 2.45) is 11.3 Å². The first kappa shape index (κ1) is 9.71. The molecule has 0 aromatic rings. The maximum atomic E-state index is 10.5. The predicted octanol–water partition coefficient (Wildman–Crippen LogP) is 1.27. The van der Waals surface area contributed by atoms with Crippen molar-refractivity contribution in [3.63, 3.8) is 0 Å². The van der Waals surface area contributed by atoms with Crippen LogP contribution in [0, 0.1) is 11.3 Å². The lowest BCUT2D eigenvalue weighted by Crippen LogP contribution is -2.65. The Hall–Kier alpha value is -0.830. The molecular formula is C11H16O3. The van der Waals surface area contributed by atoms with E-state index < -0.39 is 5.60 Å². The zero-order valence-corrected chi connectivity index (χ0v) is 8.62. The fourth-order valence-electron chi connectivity index (χ4n) is 2.99. The minimum absolute atomic E-state index is 0.00993. The third-order valence-electron chi connectivity index (χ3n) is 4.18. The number of ether oxygens (including phenoxy) is 1. The summed E-state index contributed by atoms with van der Waals surface area (Å²) in [7, 11) is 0. The molecule has 0 spiro atoms. The molecule has 2 atom stereocenters. The van der Waals surface area contributed by atoms with E-state index in [1.54, 1.807) is 0 Å². The fourth-order valence-corrected chi connectivity index (χ4v) is 2.99. The summed E-state index contributed by atoms with van der Waals surface area (Å²) in [6, 6.07) is 0. The van der Waals surface area contributed by atoms with Crippen LogP contribution in [0.4, 0.5) is 0 Å². The topological polar surface area (TPSA) is 46.5 Å². The van der Waals surface area contributed by atoms with Crippen LogP contribution in [0.5, 0.6) is 0 Å². The highest BCUT2D eigenvalue weighted by molar-refractivity contribution is 5.45. The van der Waals surface area contributed by atoms with Gasteiger partial charge in [-0.15, -0.1) is 0 Å². The third-order valence-corrected chi connectivity index (χ3v) is 4.18. The van der Waals surface area contributed by atoms with Gasteiger partial charge in [0.2, 0.25) is 0 Å². The maximum Gasteiger partial charge on any atom is 0.293 e. The minimum atomic E-state index is -0.521. The molecule has 14 heavy (non-hydrogen) atoms. The summed E-state index contributed by atoms with van der Waals surface area (Å²) in [5.41, 5.74) is 0.324. The van der Waals surface area contributed by atoms with Crippen LogP contribution >= 0.6 is 0 Å². The van der Waals surface area contributed by atoms with Crippen molar-refractivity contribution in [2.75, 3.05) is 6.61 Å². The van der Waals surface area contributed by atoms with Crippen molar-refractivity contribution in [2.45, 2.75) is 32.3 Å². The van der Waals surface area contributed by atoms with Gasteiger partial charge in [0.15, 0.2) is 0 Å². The Morgan fingerprint density at radius 3 is 2.93 bits per heavy atom. The lowest BCUT2D eigenvalue weighted by Gasteiger charge is -2.63. The number of aliphatic hydroxyl groups excluding tert-OH is 1. The van der Waals surface area contributed by atoms with Crippen LogP contribution in [-0.2, 0) is 9.53 Å². The van der Waals surface area contributed by atoms with Crippen molar-refractivity contribution >= 4 is 6.47 Å². The molecule has 0 aromatic carbocycles. The number of allylic oxidation sites excluding steroid dienone is 1. The van der Waals surface area contributed by atoms with Crippen molar-refractivity contribution in [3.05, 3.63) is 11.6 Å². The van der Waals surface area contributed by atoms with Crippen LogP contribution in [0.2, 0.25) is 0 Å². The van der Waals surface area contributed by atoms with Crippen LogP contribution < -0.4 is 0 Å². The van der Waals surface area contributed by atoms with Crippen molar-refractivity contribution in [3.8, 4) is 0 Å². The summed E-state index contributed by atoms with van der Waals surface area (Å²) in [5.74, 6) is 0.581. The molecule has 1 fully saturated rings. The quantitative estimate of drug-likeness (QED) is 0.546. The van der Waals surface area contributed by atoms with E-state index in [1.807, 2.05) is 6.08 Å². The summed E-state index contributed by atoms with van der Waals surface area (Å²) in [4.78, 5) is 10.5. The van der Waals surface area contributed by atoms with Crippen LogP contribution in [-0.4, -0.2) is 23.8 Å². The first-order chi connectivity index (χ1) is 6.58. The molecule has 0 radical (unpaired) electrons. The molecule has 3 rings (SSSR count). The van der Waals surface area contributed by atoms with Gasteiger partial charge in [-0.2, -0.15) is 0 Å². The standard InChI is InChI=1S/C11H16O3/c1-10(2)8-3-4-9(6-12)11(10,5-8)14-7-13/h4,7-8,12H,3,5-6H2,1-2H3. The molecule has 1 N–H and O–H groups in total. The molecule has 3 heteroatoms. The number of carbonyl (C=O) groups excluding carboxylic acids is 1. The van der Waals surface area contributed by atoms with Crippen LogP contribution in [0.1, 0.15) is 26.7 Å². The minimum Gasteiger partial charge on any atom is -0.456 e. The molecule has 3 aliphatic carbocycles. The molecule has 0 aliphatic heterocycles. The highest BCUT2D eigenvalue weighted by atomic mass is 16.5. The van der Waals surface area contributed by atoms with E-state index in [4.69, 9.17) is 4.74 Å². The van der Waals surface area contributed by atoms with Crippen LogP contribution in [0.3, 0.4) is 0 Å². The summed E-state index contributed by atoms with van der Waals surface area (Å²) < 4.78 is 5.25. The molecular weight excluding hydrogens is 180 g/mol. The van der Waals surface area contributed by atoms with Gasteiger partial charge < -0.3 is 9.84 Å². The number of aliphatic hydroxyl groups is 1. The largest absolute Gasteiger partial charge is 0.456 e. The lowest BCUT2D eigenvalue weighted by atomic mass is 9.45. The highest BCUT2D eigenvalue weighted by Gasteiger charge is 2.65. The summed E-state index contributed by atoms with van der Waals surface area (Å²) in [6.07, 6.45) is 3.88. The SMILES string of the molecule is CC1(C)C2CC=C(CO)C1(OC=O)C2. The molecule has 78 valence electrons. The van der Waals surface area contributed by atoms with Crippen LogP contribution in [0.15, 0.2) is 11.6 Å². The van der Waals surface area contributed by atoms with Gasteiger partial charge in [0.25, 0.3) is 6.47 Å².